The van der Waals surface area contributed by atoms with Crippen molar-refractivity contribution in [2.75, 3.05) is 26.2 Å². The van der Waals surface area contributed by atoms with Gasteiger partial charge >= 0.3 is 0 Å². The number of rotatable bonds is 5. The molecule has 1 fully saturated rings. The Hall–Kier alpha value is -1.17. The summed E-state index contributed by atoms with van der Waals surface area (Å²) in [7, 11) is 0. The number of nitro benzene ring substituents is 1. The number of hydrogen-bond acceptors (Lipinski definition) is 4. The van der Waals surface area contributed by atoms with Crippen LogP contribution in [0, 0.1) is 16.0 Å². The molecule has 1 aliphatic rings. The lowest BCUT2D eigenvalue weighted by Crippen LogP contribution is -2.46. The first kappa shape index (κ1) is 16.2. The molecule has 2 atom stereocenters. The molecule has 0 spiro atoms. The Balaban J connectivity index is 2.44. The van der Waals surface area contributed by atoms with Gasteiger partial charge in [0, 0.05) is 48.9 Å². The van der Waals surface area contributed by atoms with Crippen molar-refractivity contribution in [3.8, 4) is 0 Å². The summed E-state index contributed by atoms with van der Waals surface area (Å²) in [5.41, 5.74) is 0.909. The van der Waals surface area contributed by atoms with Crippen molar-refractivity contribution < 1.29 is 4.92 Å². The van der Waals surface area contributed by atoms with Crippen molar-refractivity contribution in [2.45, 2.75) is 26.3 Å². The zero-order valence-electron chi connectivity index (χ0n) is 12.5. The molecule has 5 nitrogen and oxygen atoms in total. The van der Waals surface area contributed by atoms with Crippen LogP contribution in [0.5, 0.6) is 0 Å². The highest BCUT2D eigenvalue weighted by Crippen LogP contribution is 2.37. The maximum atomic E-state index is 11.4. The van der Waals surface area contributed by atoms with E-state index in [2.05, 4.69) is 24.1 Å². The van der Waals surface area contributed by atoms with Gasteiger partial charge in [-0.25, -0.2) is 0 Å². The Morgan fingerprint density at radius 2 is 2.10 bits per heavy atom. The molecule has 0 amide bonds. The molecule has 1 N–H and O–H groups in total. The van der Waals surface area contributed by atoms with Gasteiger partial charge in [0.05, 0.1) is 4.92 Å². The smallest absolute Gasteiger partial charge is 0.274 e. The standard InChI is InChI=1S/C15H22ClN3O2/c1-3-11(2)15(18-8-6-17-7-9-18)13-10-12(16)4-5-14(13)19(20)21/h4-5,10-11,15,17H,3,6-9H2,1-2H3/t11?,15-/m0/s1. The third kappa shape index (κ3) is 3.73. The quantitative estimate of drug-likeness (QED) is 0.670. The van der Waals surface area contributed by atoms with E-state index in [9.17, 15) is 10.1 Å². The molecular weight excluding hydrogens is 290 g/mol. The second-order valence-corrected chi connectivity index (χ2v) is 6.01. The Bertz CT molecular complexity index is 504. The highest BCUT2D eigenvalue weighted by Gasteiger charge is 2.31. The number of piperazine rings is 1. The fourth-order valence-electron chi connectivity index (χ4n) is 2.98. The predicted molar refractivity (Wildman–Crippen MR) is 84.7 cm³/mol. The number of nitro groups is 1. The van der Waals surface area contributed by atoms with E-state index in [0.717, 1.165) is 38.2 Å². The van der Waals surface area contributed by atoms with E-state index in [-0.39, 0.29) is 16.7 Å². The first-order valence-corrected chi connectivity index (χ1v) is 7.81. The van der Waals surface area contributed by atoms with Crippen LogP contribution in [0.25, 0.3) is 0 Å². The molecule has 2 rings (SSSR count). The summed E-state index contributed by atoms with van der Waals surface area (Å²) in [6, 6.07) is 4.92. The predicted octanol–water partition coefficient (Wildman–Crippen LogP) is 3.24. The molecule has 21 heavy (non-hydrogen) atoms. The monoisotopic (exact) mass is 311 g/mol. The molecule has 1 aromatic carbocycles. The Morgan fingerprint density at radius 1 is 1.43 bits per heavy atom. The Kier molecular flexibility index (Phi) is 5.56. The number of benzene rings is 1. The average Bonchev–Trinajstić information content (AvgIpc) is 2.48. The molecule has 1 aromatic rings. The molecule has 0 radical (unpaired) electrons. The SMILES string of the molecule is CCC(C)[C@@H](c1cc(Cl)ccc1[N+](=O)[O-])N1CCNCC1. The minimum atomic E-state index is -0.302. The number of nitrogens with one attached hydrogen (secondary N) is 1. The lowest BCUT2D eigenvalue weighted by molar-refractivity contribution is -0.386. The van der Waals surface area contributed by atoms with Crippen LogP contribution in [0.1, 0.15) is 31.9 Å². The molecule has 0 aromatic heterocycles. The van der Waals surface area contributed by atoms with E-state index < -0.39 is 0 Å². The maximum Gasteiger partial charge on any atom is 0.274 e. The summed E-state index contributed by atoms with van der Waals surface area (Å²) in [4.78, 5) is 13.4. The van der Waals surface area contributed by atoms with Crippen LogP contribution in [-0.2, 0) is 0 Å². The van der Waals surface area contributed by atoms with Crippen molar-refractivity contribution in [1.29, 1.82) is 0 Å². The van der Waals surface area contributed by atoms with Crippen LogP contribution >= 0.6 is 11.6 Å². The first-order chi connectivity index (χ1) is 10.0. The highest BCUT2D eigenvalue weighted by atomic mass is 35.5. The van der Waals surface area contributed by atoms with Crippen LogP contribution in [0.2, 0.25) is 5.02 Å². The second-order valence-electron chi connectivity index (χ2n) is 5.58. The van der Waals surface area contributed by atoms with E-state index in [0.29, 0.717) is 10.9 Å². The molecular formula is C15H22ClN3O2. The fraction of sp³-hybridized carbons (Fsp3) is 0.600. The van der Waals surface area contributed by atoms with Gasteiger partial charge in [0.2, 0.25) is 0 Å². The number of nitrogens with zero attached hydrogens (tertiary/aromatic N) is 2. The number of hydrogen-bond donors (Lipinski definition) is 1. The zero-order chi connectivity index (χ0) is 15.4. The van der Waals surface area contributed by atoms with Crippen LogP contribution in [-0.4, -0.2) is 36.0 Å². The van der Waals surface area contributed by atoms with Gasteiger partial charge in [-0.15, -0.1) is 0 Å². The molecule has 1 unspecified atom stereocenters. The summed E-state index contributed by atoms with van der Waals surface area (Å²) < 4.78 is 0. The molecule has 1 heterocycles. The Labute approximate surface area is 130 Å². The van der Waals surface area contributed by atoms with Crippen molar-refractivity contribution >= 4 is 17.3 Å². The third-order valence-electron chi connectivity index (χ3n) is 4.23. The van der Waals surface area contributed by atoms with Crippen LogP contribution < -0.4 is 5.32 Å². The van der Waals surface area contributed by atoms with Gasteiger partial charge in [0.15, 0.2) is 0 Å². The molecule has 116 valence electrons. The van der Waals surface area contributed by atoms with E-state index >= 15 is 0 Å². The van der Waals surface area contributed by atoms with Gasteiger partial charge in [-0.05, 0) is 18.1 Å². The normalized spacial score (nSPS) is 19.2. The lowest BCUT2D eigenvalue weighted by Gasteiger charge is -2.38. The van der Waals surface area contributed by atoms with Gasteiger partial charge in [0.1, 0.15) is 0 Å². The zero-order valence-corrected chi connectivity index (χ0v) is 13.3. The van der Waals surface area contributed by atoms with Crippen LogP contribution in [0.4, 0.5) is 5.69 Å². The molecule has 0 aliphatic carbocycles. The topological polar surface area (TPSA) is 58.4 Å². The fourth-order valence-corrected chi connectivity index (χ4v) is 3.16. The second kappa shape index (κ2) is 7.20. The van der Waals surface area contributed by atoms with E-state index in [1.54, 1.807) is 12.1 Å². The molecule has 1 aliphatic heterocycles. The van der Waals surface area contributed by atoms with Crippen molar-refractivity contribution in [1.82, 2.24) is 10.2 Å². The summed E-state index contributed by atoms with van der Waals surface area (Å²) in [5, 5.41) is 15.2. The first-order valence-electron chi connectivity index (χ1n) is 7.43. The average molecular weight is 312 g/mol. The minimum absolute atomic E-state index is 0.0381. The van der Waals surface area contributed by atoms with E-state index in [1.807, 2.05) is 0 Å². The van der Waals surface area contributed by atoms with Gasteiger partial charge in [-0.2, -0.15) is 0 Å². The summed E-state index contributed by atoms with van der Waals surface area (Å²) in [5.74, 6) is 0.334. The van der Waals surface area contributed by atoms with E-state index in [4.69, 9.17) is 11.6 Å². The lowest BCUT2D eigenvalue weighted by atomic mass is 9.89. The summed E-state index contributed by atoms with van der Waals surface area (Å²) >= 11 is 6.10. The van der Waals surface area contributed by atoms with E-state index in [1.165, 1.54) is 6.07 Å². The molecule has 1 saturated heterocycles. The van der Waals surface area contributed by atoms with Crippen molar-refractivity contribution in [3.63, 3.8) is 0 Å². The maximum absolute atomic E-state index is 11.4. The van der Waals surface area contributed by atoms with Gasteiger partial charge in [0.25, 0.3) is 5.69 Å². The summed E-state index contributed by atoms with van der Waals surface area (Å²) in [6.07, 6.45) is 0.970. The van der Waals surface area contributed by atoms with Crippen LogP contribution in [0.3, 0.4) is 0 Å². The van der Waals surface area contributed by atoms with Gasteiger partial charge in [-0.3, -0.25) is 15.0 Å². The van der Waals surface area contributed by atoms with Crippen molar-refractivity contribution in [2.24, 2.45) is 5.92 Å². The largest absolute Gasteiger partial charge is 0.314 e. The third-order valence-corrected chi connectivity index (χ3v) is 4.47. The molecule has 0 bridgehead atoms. The van der Waals surface area contributed by atoms with Crippen LogP contribution in [0.15, 0.2) is 18.2 Å². The van der Waals surface area contributed by atoms with Crippen molar-refractivity contribution in [3.05, 3.63) is 38.9 Å². The Morgan fingerprint density at radius 3 is 2.67 bits per heavy atom. The highest BCUT2D eigenvalue weighted by molar-refractivity contribution is 6.30. The minimum Gasteiger partial charge on any atom is -0.314 e. The number of halogens is 1. The molecule has 6 heteroatoms. The molecule has 0 saturated carbocycles. The van der Waals surface area contributed by atoms with Gasteiger partial charge in [-0.1, -0.05) is 31.9 Å². The summed E-state index contributed by atoms with van der Waals surface area (Å²) in [6.45, 7) is 7.91. The van der Waals surface area contributed by atoms with Gasteiger partial charge < -0.3 is 5.32 Å².